The number of aromatic amines is 1. The van der Waals surface area contributed by atoms with Crippen molar-refractivity contribution >= 4 is 22.9 Å². The van der Waals surface area contributed by atoms with Gasteiger partial charge in [0, 0.05) is 44.1 Å². The van der Waals surface area contributed by atoms with Crippen LogP contribution in [0.1, 0.15) is 26.6 Å². The Kier molecular flexibility index (Phi) is 4.86. The first-order valence-electron chi connectivity index (χ1n) is 9.82. The summed E-state index contributed by atoms with van der Waals surface area (Å²) in [5, 5.41) is 0.958. The predicted molar refractivity (Wildman–Crippen MR) is 112 cm³/mol. The van der Waals surface area contributed by atoms with Gasteiger partial charge >= 0.3 is 6.09 Å². The summed E-state index contributed by atoms with van der Waals surface area (Å²) in [7, 11) is 0. The summed E-state index contributed by atoms with van der Waals surface area (Å²) in [6.45, 7) is 10.1. The van der Waals surface area contributed by atoms with Gasteiger partial charge in [-0.25, -0.2) is 14.8 Å². The Labute approximate surface area is 169 Å². The molecule has 1 saturated heterocycles. The highest BCUT2D eigenvalue weighted by molar-refractivity contribution is 6.00. The van der Waals surface area contributed by atoms with Gasteiger partial charge in [-0.2, -0.15) is 0 Å². The number of hydrogen-bond acceptors (Lipinski definition) is 6. The fourth-order valence-corrected chi connectivity index (χ4v) is 3.50. The van der Waals surface area contributed by atoms with Crippen molar-refractivity contribution < 1.29 is 9.53 Å². The van der Waals surface area contributed by atoms with E-state index in [1.54, 1.807) is 11.1 Å². The third kappa shape index (κ3) is 4.01. The Hall–Kier alpha value is -3.16. The molecule has 1 N–H and O–H groups in total. The van der Waals surface area contributed by atoms with Crippen molar-refractivity contribution in [1.82, 2.24) is 24.8 Å². The molecule has 3 aromatic rings. The number of fused-ring (bicyclic) bond motifs is 1. The van der Waals surface area contributed by atoms with Gasteiger partial charge in [-0.05, 0) is 39.8 Å². The van der Waals surface area contributed by atoms with Gasteiger partial charge in [-0.1, -0.05) is 6.07 Å². The summed E-state index contributed by atoms with van der Waals surface area (Å²) in [6.07, 6.45) is 3.45. The lowest BCUT2D eigenvalue weighted by Crippen LogP contribution is -2.50. The molecule has 8 nitrogen and oxygen atoms in total. The Bertz CT molecular complexity index is 1020. The highest BCUT2D eigenvalue weighted by Crippen LogP contribution is 2.33. The van der Waals surface area contributed by atoms with E-state index in [0.717, 1.165) is 28.1 Å². The molecule has 0 unspecified atom stereocenters. The van der Waals surface area contributed by atoms with E-state index < -0.39 is 5.60 Å². The predicted octanol–water partition coefficient (Wildman–Crippen LogP) is 3.39. The van der Waals surface area contributed by atoms with Gasteiger partial charge in [-0.15, -0.1) is 0 Å². The number of anilines is 1. The number of piperazine rings is 1. The van der Waals surface area contributed by atoms with E-state index in [0.29, 0.717) is 32.0 Å². The average molecular weight is 394 g/mol. The first-order valence-corrected chi connectivity index (χ1v) is 9.82. The second-order valence-corrected chi connectivity index (χ2v) is 8.19. The van der Waals surface area contributed by atoms with Gasteiger partial charge in [0.05, 0.1) is 11.1 Å². The summed E-state index contributed by atoms with van der Waals surface area (Å²) >= 11 is 0. The van der Waals surface area contributed by atoms with Gasteiger partial charge in [0.2, 0.25) is 0 Å². The third-order valence-corrected chi connectivity index (χ3v) is 4.80. The molecule has 1 amide bonds. The minimum atomic E-state index is -0.493. The molecule has 0 atom stereocenters. The number of aromatic nitrogens is 4. The fraction of sp³-hybridized carbons (Fsp3) is 0.429. The maximum atomic E-state index is 12.4. The van der Waals surface area contributed by atoms with Crippen LogP contribution in [0.25, 0.3) is 22.3 Å². The molecule has 29 heavy (non-hydrogen) atoms. The number of nitrogens with zero attached hydrogens (tertiary/aromatic N) is 5. The third-order valence-electron chi connectivity index (χ3n) is 4.80. The highest BCUT2D eigenvalue weighted by atomic mass is 16.6. The smallest absolute Gasteiger partial charge is 0.410 e. The topological polar surface area (TPSA) is 87.2 Å². The van der Waals surface area contributed by atoms with Gasteiger partial charge in [0.1, 0.15) is 22.9 Å². The summed E-state index contributed by atoms with van der Waals surface area (Å²) in [6, 6.07) is 5.85. The normalized spacial score (nSPS) is 15.0. The second kappa shape index (κ2) is 7.35. The number of nitrogens with one attached hydrogen (secondary N) is 1. The van der Waals surface area contributed by atoms with E-state index in [9.17, 15) is 4.79 Å². The minimum absolute atomic E-state index is 0.267. The molecule has 1 aliphatic rings. The largest absolute Gasteiger partial charge is 0.444 e. The Balaban J connectivity index is 1.62. The standard InChI is InChI=1S/C21H26N6O2/c1-14-24-18-17(15(13-23-18)16-7-5-6-8-22-16)19(25-14)26-9-11-27(12-10-26)20(28)29-21(2,3)4/h5-8,13H,9-12H2,1-4H3,(H,23,24,25). The lowest BCUT2D eigenvalue weighted by atomic mass is 10.1. The summed E-state index contributed by atoms with van der Waals surface area (Å²) in [5.74, 6) is 1.58. The van der Waals surface area contributed by atoms with E-state index in [2.05, 4.69) is 19.9 Å². The van der Waals surface area contributed by atoms with Gasteiger partial charge in [-0.3, -0.25) is 4.98 Å². The minimum Gasteiger partial charge on any atom is -0.444 e. The number of pyridine rings is 1. The van der Waals surface area contributed by atoms with Crippen LogP contribution in [0.4, 0.5) is 10.6 Å². The molecule has 4 rings (SSSR count). The van der Waals surface area contributed by atoms with Gasteiger partial charge < -0.3 is 19.5 Å². The Morgan fingerprint density at radius 2 is 1.90 bits per heavy atom. The lowest BCUT2D eigenvalue weighted by molar-refractivity contribution is 0.0240. The number of H-pyrrole nitrogens is 1. The number of rotatable bonds is 2. The molecule has 0 spiro atoms. The maximum Gasteiger partial charge on any atom is 0.410 e. The second-order valence-electron chi connectivity index (χ2n) is 8.19. The molecule has 0 bridgehead atoms. The molecular formula is C21H26N6O2. The van der Waals surface area contributed by atoms with Crippen molar-refractivity contribution in [1.29, 1.82) is 0 Å². The van der Waals surface area contributed by atoms with Crippen LogP contribution in [-0.2, 0) is 4.74 Å². The zero-order valence-corrected chi connectivity index (χ0v) is 17.3. The monoisotopic (exact) mass is 394 g/mol. The van der Waals surface area contributed by atoms with Crippen molar-refractivity contribution in [2.24, 2.45) is 0 Å². The first-order chi connectivity index (χ1) is 13.8. The molecule has 152 valence electrons. The summed E-state index contributed by atoms with van der Waals surface area (Å²) in [5.41, 5.74) is 2.15. The molecule has 1 aliphatic heterocycles. The Morgan fingerprint density at radius 1 is 1.14 bits per heavy atom. The summed E-state index contributed by atoms with van der Waals surface area (Å²) < 4.78 is 5.50. The fourth-order valence-electron chi connectivity index (χ4n) is 3.50. The molecule has 8 heteroatoms. The van der Waals surface area contributed by atoms with Crippen LogP contribution in [0.2, 0.25) is 0 Å². The van der Waals surface area contributed by atoms with Crippen LogP contribution in [0, 0.1) is 6.92 Å². The van der Waals surface area contributed by atoms with Crippen LogP contribution in [0.15, 0.2) is 30.6 Å². The lowest BCUT2D eigenvalue weighted by Gasteiger charge is -2.36. The van der Waals surface area contributed by atoms with E-state index in [4.69, 9.17) is 9.72 Å². The van der Waals surface area contributed by atoms with Crippen LogP contribution >= 0.6 is 0 Å². The number of hydrogen-bond donors (Lipinski definition) is 1. The SMILES string of the molecule is Cc1nc(N2CCN(C(=O)OC(C)(C)C)CC2)c2c(-c3ccccn3)c[nH]c2n1. The van der Waals surface area contributed by atoms with Crippen molar-refractivity contribution in [2.45, 2.75) is 33.3 Å². The number of amides is 1. The van der Waals surface area contributed by atoms with Crippen molar-refractivity contribution in [3.8, 4) is 11.3 Å². The van der Waals surface area contributed by atoms with Crippen LogP contribution in [0.5, 0.6) is 0 Å². The molecule has 0 aromatic carbocycles. The zero-order valence-electron chi connectivity index (χ0n) is 17.3. The summed E-state index contributed by atoms with van der Waals surface area (Å²) in [4.78, 5) is 33.4. The number of ether oxygens (including phenoxy) is 1. The molecule has 0 saturated carbocycles. The molecule has 0 aliphatic carbocycles. The van der Waals surface area contributed by atoms with E-state index in [1.807, 2.05) is 52.1 Å². The molecule has 4 heterocycles. The van der Waals surface area contributed by atoms with Gasteiger partial charge in [0.15, 0.2) is 0 Å². The average Bonchev–Trinajstić information content (AvgIpc) is 3.10. The van der Waals surface area contributed by atoms with Crippen molar-refractivity contribution in [3.63, 3.8) is 0 Å². The van der Waals surface area contributed by atoms with E-state index in [-0.39, 0.29) is 6.09 Å². The van der Waals surface area contributed by atoms with Gasteiger partial charge in [0.25, 0.3) is 0 Å². The van der Waals surface area contributed by atoms with Crippen molar-refractivity contribution in [2.75, 3.05) is 31.1 Å². The molecule has 0 radical (unpaired) electrons. The quantitative estimate of drug-likeness (QED) is 0.717. The van der Waals surface area contributed by atoms with E-state index in [1.165, 1.54) is 0 Å². The van der Waals surface area contributed by atoms with Crippen LogP contribution in [0.3, 0.4) is 0 Å². The van der Waals surface area contributed by atoms with E-state index >= 15 is 0 Å². The molecular weight excluding hydrogens is 368 g/mol. The maximum absolute atomic E-state index is 12.4. The molecule has 3 aromatic heterocycles. The number of aryl methyl sites for hydroxylation is 1. The van der Waals surface area contributed by atoms with Crippen LogP contribution in [-0.4, -0.2) is 62.7 Å². The van der Waals surface area contributed by atoms with Crippen LogP contribution < -0.4 is 4.90 Å². The zero-order chi connectivity index (χ0) is 20.6. The molecule has 1 fully saturated rings. The number of carbonyl (C=O) groups is 1. The highest BCUT2D eigenvalue weighted by Gasteiger charge is 2.28. The first kappa shape index (κ1) is 19.2. The number of carbonyl (C=O) groups excluding carboxylic acids is 1. The Morgan fingerprint density at radius 3 is 2.55 bits per heavy atom. The van der Waals surface area contributed by atoms with Crippen molar-refractivity contribution in [3.05, 3.63) is 36.4 Å².